The summed E-state index contributed by atoms with van der Waals surface area (Å²) >= 11 is 0. The predicted molar refractivity (Wildman–Crippen MR) is 107 cm³/mol. The van der Waals surface area contributed by atoms with Crippen LogP contribution < -0.4 is 14.8 Å². The minimum Gasteiger partial charge on any atom is -0.497 e. The fourth-order valence-electron chi connectivity index (χ4n) is 2.59. The van der Waals surface area contributed by atoms with Gasteiger partial charge in [0, 0.05) is 0 Å². The molecule has 0 aromatic heterocycles. The third-order valence-electron chi connectivity index (χ3n) is 4.21. The number of amides is 1. The molecule has 0 spiro atoms. The lowest BCUT2D eigenvalue weighted by Crippen LogP contribution is -2.46. The summed E-state index contributed by atoms with van der Waals surface area (Å²) in [5, 5.41) is 2.70. The topological polar surface area (TPSA) is 111 Å². The van der Waals surface area contributed by atoms with Gasteiger partial charge >= 0.3 is 5.97 Å². The first-order valence-corrected chi connectivity index (χ1v) is 10.3. The van der Waals surface area contributed by atoms with E-state index in [1.807, 2.05) is 6.07 Å². The molecule has 0 aliphatic carbocycles. The Balaban J connectivity index is 2.11. The number of benzene rings is 2. The molecule has 156 valence electrons. The molecule has 0 radical (unpaired) electrons. The van der Waals surface area contributed by atoms with Crippen molar-refractivity contribution in [2.45, 2.75) is 30.3 Å². The number of sulfonamides is 1. The lowest BCUT2D eigenvalue weighted by molar-refractivity contribution is -0.141. The highest BCUT2D eigenvalue weighted by molar-refractivity contribution is 7.89. The molecule has 0 saturated heterocycles. The second kappa shape index (κ2) is 10.0. The summed E-state index contributed by atoms with van der Waals surface area (Å²) in [6.07, 6.45) is -0.0792. The van der Waals surface area contributed by atoms with E-state index in [4.69, 9.17) is 4.74 Å². The number of rotatable bonds is 9. The van der Waals surface area contributed by atoms with Crippen molar-refractivity contribution in [2.75, 3.05) is 14.2 Å². The molecule has 0 fully saturated rings. The zero-order chi connectivity index (χ0) is 21.4. The zero-order valence-electron chi connectivity index (χ0n) is 16.4. The summed E-state index contributed by atoms with van der Waals surface area (Å²) in [6.45, 7) is 1.43. The van der Waals surface area contributed by atoms with Crippen LogP contribution in [0.2, 0.25) is 0 Å². The van der Waals surface area contributed by atoms with Crippen molar-refractivity contribution in [1.82, 2.24) is 10.0 Å². The summed E-state index contributed by atoms with van der Waals surface area (Å²) in [4.78, 5) is 24.3. The standard InChI is InChI=1S/C20H24N2O6S/c1-14(22-29(25,26)17-11-9-16(27-2)10-12-17)20(24)21-18(13-19(23)28-3)15-7-5-4-6-8-15/h4-12,14,18,22H,13H2,1-3H3,(H,21,24)/t14-,18?/m0/s1. The predicted octanol–water partition coefficient (Wildman–Crippen LogP) is 1.78. The number of carbonyl (C=O) groups excluding carboxylic acids is 2. The second-order valence-corrected chi connectivity index (χ2v) is 7.98. The summed E-state index contributed by atoms with van der Waals surface area (Å²) in [5.74, 6) is -0.547. The molecule has 8 nitrogen and oxygen atoms in total. The van der Waals surface area contributed by atoms with Crippen LogP contribution in [-0.2, 0) is 24.3 Å². The maximum atomic E-state index is 12.6. The Hall–Kier alpha value is -2.91. The van der Waals surface area contributed by atoms with Crippen LogP contribution >= 0.6 is 0 Å². The van der Waals surface area contributed by atoms with E-state index in [1.54, 1.807) is 24.3 Å². The number of carbonyl (C=O) groups is 2. The molecule has 0 saturated carbocycles. The van der Waals surface area contributed by atoms with E-state index >= 15 is 0 Å². The van der Waals surface area contributed by atoms with Crippen LogP contribution in [0.4, 0.5) is 0 Å². The normalized spacial score (nSPS) is 13.2. The van der Waals surface area contributed by atoms with Gasteiger partial charge in [-0.15, -0.1) is 0 Å². The van der Waals surface area contributed by atoms with Crippen LogP contribution in [0, 0.1) is 0 Å². The maximum Gasteiger partial charge on any atom is 0.307 e. The van der Waals surface area contributed by atoms with Crippen molar-refractivity contribution in [3.8, 4) is 5.75 Å². The molecule has 1 amide bonds. The van der Waals surface area contributed by atoms with Gasteiger partial charge in [0.05, 0.1) is 37.6 Å². The number of methoxy groups -OCH3 is 2. The molecular formula is C20H24N2O6S. The van der Waals surface area contributed by atoms with E-state index in [0.29, 0.717) is 11.3 Å². The monoisotopic (exact) mass is 420 g/mol. The first-order valence-electron chi connectivity index (χ1n) is 8.85. The van der Waals surface area contributed by atoms with Crippen LogP contribution in [-0.4, -0.2) is 40.6 Å². The first-order chi connectivity index (χ1) is 13.8. The van der Waals surface area contributed by atoms with Gasteiger partial charge in [0.15, 0.2) is 0 Å². The van der Waals surface area contributed by atoms with Crippen molar-refractivity contribution < 1.29 is 27.5 Å². The van der Waals surface area contributed by atoms with Crippen molar-refractivity contribution in [3.63, 3.8) is 0 Å². The number of hydrogen-bond acceptors (Lipinski definition) is 6. The van der Waals surface area contributed by atoms with Gasteiger partial charge in [-0.25, -0.2) is 8.42 Å². The first kappa shape index (κ1) is 22.4. The van der Waals surface area contributed by atoms with E-state index in [9.17, 15) is 18.0 Å². The zero-order valence-corrected chi connectivity index (χ0v) is 17.2. The molecule has 2 aromatic rings. The SMILES string of the molecule is COC(=O)CC(NC(=O)[C@H](C)NS(=O)(=O)c1ccc(OC)cc1)c1ccccc1. The van der Waals surface area contributed by atoms with Crippen molar-refractivity contribution in [3.05, 3.63) is 60.2 Å². The highest BCUT2D eigenvalue weighted by atomic mass is 32.2. The molecule has 0 aliphatic rings. The molecule has 2 rings (SSSR count). The molecule has 2 aromatic carbocycles. The van der Waals surface area contributed by atoms with Gasteiger partial charge < -0.3 is 14.8 Å². The Kier molecular flexibility index (Phi) is 7.74. The summed E-state index contributed by atoms with van der Waals surface area (Å²) in [5.41, 5.74) is 0.705. The minimum absolute atomic E-state index is 0.00659. The van der Waals surface area contributed by atoms with Gasteiger partial charge in [0.2, 0.25) is 15.9 Å². The Morgan fingerprint density at radius 1 is 1.00 bits per heavy atom. The van der Waals surface area contributed by atoms with Crippen LogP contribution in [0.5, 0.6) is 5.75 Å². The lowest BCUT2D eigenvalue weighted by atomic mass is 10.0. The lowest BCUT2D eigenvalue weighted by Gasteiger charge is -2.21. The van der Waals surface area contributed by atoms with Crippen LogP contribution in [0.3, 0.4) is 0 Å². The van der Waals surface area contributed by atoms with E-state index < -0.39 is 34.0 Å². The minimum atomic E-state index is -3.92. The van der Waals surface area contributed by atoms with Gasteiger partial charge in [0.25, 0.3) is 0 Å². The Morgan fingerprint density at radius 3 is 2.17 bits per heavy atom. The molecule has 2 N–H and O–H groups in total. The molecule has 29 heavy (non-hydrogen) atoms. The van der Waals surface area contributed by atoms with Gasteiger partial charge in [-0.05, 0) is 36.8 Å². The largest absolute Gasteiger partial charge is 0.497 e. The van der Waals surface area contributed by atoms with E-state index in [0.717, 1.165) is 0 Å². The van der Waals surface area contributed by atoms with Crippen molar-refractivity contribution >= 4 is 21.9 Å². The maximum absolute atomic E-state index is 12.6. The summed E-state index contributed by atoms with van der Waals surface area (Å²) in [6, 6.07) is 13.0. The van der Waals surface area contributed by atoms with Crippen LogP contribution in [0.1, 0.15) is 24.9 Å². The third kappa shape index (κ3) is 6.30. The number of hydrogen-bond donors (Lipinski definition) is 2. The molecule has 2 atom stereocenters. The quantitative estimate of drug-likeness (QED) is 0.599. The van der Waals surface area contributed by atoms with E-state index in [-0.39, 0.29) is 11.3 Å². The van der Waals surface area contributed by atoms with E-state index in [1.165, 1.54) is 45.4 Å². The molecule has 0 bridgehead atoms. The van der Waals surface area contributed by atoms with Crippen molar-refractivity contribution in [2.24, 2.45) is 0 Å². The molecule has 0 heterocycles. The fourth-order valence-corrected chi connectivity index (χ4v) is 3.80. The van der Waals surface area contributed by atoms with Crippen LogP contribution in [0.25, 0.3) is 0 Å². The summed E-state index contributed by atoms with van der Waals surface area (Å²) in [7, 11) is -1.18. The fraction of sp³-hybridized carbons (Fsp3) is 0.300. The van der Waals surface area contributed by atoms with E-state index in [2.05, 4.69) is 14.8 Å². The van der Waals surface area contributed by atoms with Gasteiger partial charge in [-0.3, -0.25) is 9.59 Å². The Morgan fingerprint density at radius 2 is 1.62 bits per heavy atom. The summed E-state index contributed by atoms with van der Waals surface area (Å²) < 4.78 is 37.1. The third-order valence-corrected chi connectivity index (χ3v) is 5.77. The van der Waals surface area contributed by atoms with Crippen LogP contribution in [0.15, 0.2) is 59.5 Å². The molecular weight excluding hydrogens is 396 g/mol. The second-order valence-electron chi connectivity index (χ2n) is 6.27. The number of ether oxygens (including phenoxy) is 2. The highest BCUT2D eigenvalue weighted by Crippen LogP contribution is 2.18. The van der Waals surface area contributed by atoms with Gasteiger partial charge in [-0.2, -0.15) is 4.72 Å². The van der Waals surface area contributed by atoms with Gasteiger partial charge in [-0.1, -0.05) is 30.3 Å². The molecule has 1 unspecified atom stereocenters. The Labute approximate surface area is 170 Å². The average Bonchev–Trinajstić information content (AvgIpc) is 2.73. The Bertz CT molecular complexity index is 929. The van der Waals surface area contributed by atoms with Crippen molar-refractivity contribution in [1.29, 1.82) is 0 Å². The smallest absolute Gasteiger partial charge is 0.307 e. The molecule has 9 heteroatoms. The number of esters is 1. The highest BCUT2D eigenvalue weighted by Gasteiger charge is 2.25. The average molecular weight is 420 g/mol. The molecule has 0 aliphatic heterocycles. The van der Waals surface area contributed by atoms with Gasteiger partial charge in [0.1, 0.15) is 5.75 Å². The number of nitrogens with one attached hydrogen (secondary N) is 2.